The van der Waals surface area contributed by atoms with Gasteiger partial charge in [-0.05, 0) is 13.0 Å². The molecule has 0 aliphatic heterocycles. The van der Waals surface area contributed by atoms with Crippen LogP contribution < -0.4 is 5.73 Å². The summed E-state index contributed by atoms with van der Waals surface area (Å²) in [7, 11) is 0. The zero-order valence-electron chi connectivity index (χ0n) is 7.28. The number of carbonyl (C=O) groups is 1. The molecule has 1 aromatic carbocycles. The molecule has 0 aliphatic carbocycles. The lowest BCUT2D eigenvalue weighted by atomic mass is 10.1. The molecule has 0 amide bonds. The highest BCUT2D eigenvalue weighted by molar-refractivity contribution is 6.36. The highest BCUT2D eigenvalue weighted by atomic mass is 35.5. The molecular formula is C8H7ClN2O3. The van der Waals surface area contributed by atoms with Gasteiger partial charge in [0.15, 0.2) is 5.78 Å². The Kier molecular flexibility index (Phi) is 2.71. The summed E-state index contributed by atoms with van der Waals surface area (Å²) in [6, 6.07) is 2.46. The molecule has 6 heteroatoms. The second-order valence-corrected chi connectivity index (χ2v) is 3.05. The second kappa shape index (κ2) is 3.63. The first kappa shape index (κ1) is 10.5. The summed E-state index contributed by atoms with van der Waals surface area (Å²) < 4.78 is 0. The molecule has 2 N–H and O–H groups in total. The quantitative estimate of drug-likeness (QED) is 0.353. The minimum absolute atomic E-state index is 0.000802. The molecule has 1 aromatic rings. The number of hydrogen-bond donors (Lipinski definition) is 1. The van der Waals surface area contributed by atoms with Crippen molar-refractivity contribution in [3.05, 3.63) is 32.8 Å². The van der Waals surface area contributed by atoms with Gasteiger partial charge >= 0.3 is 0 Å². The number of carbonyl (C=O) groups excluding carboxylic acids is 1. The Morgan fingerprint density at radius 3 is 2.57 bits per heavy atom. The zero-order valence-corrected chi connectivity index (χ0v) is 8.04. The van der Waals surface area contributed by atoms with Gasteiger partial charge in [-0.15, -0.1) is 0 Å². The lowest BCUT2D eigenvalue weighted by Gasteiger charge is -2.04. The van der Waals surface area contributed by atoms with E-state index in [4.69, 9.17) is 17.3 Å². The van der Waals surface area contributed by atoms with E-state index in [2.05, 4.69) is 0 Å². The van der Waals surface area contributed by atoms with Crippen LogP contribution in [0.15, 0.2) is 12.1 Å². The molecule has 0 saturated carbocycles. The van der Waals surface area contributed by atoms with Crippen LogP contribution in [0.1, 0.15) is 17.3 Å². The van der Waals surface area contributed by atoms with Crippen molar-refractivity contribution < 1.29 is 9.72 Å². The summed E-state index contributed by atoms with van der Waals surface area (Å²) in [6.45, 7) is 1.25. The van der Waals surface area contributed by atoms with E-state index >= 15 is 0 Å². The van der Waals surface area contributed by atoms with E-state index in [1.54, 1.807) is 0 Å². The summed E-state index contributed by atoms with van der Waals surface area (Å²) in [5, 5.41) is 10.3. The Balaban J connectivity index is 3.49. The van der Waals surface area contributed by atoms with Crippen molar-refractivity contribution in [2.24, 2.45) is 0 Å². The SMILES string of the molecule is CC(=O)c1c(N)ccc([N+](=O)[O-])c1Cl. The molecule has 0 radical (unpaired) electrons. The standard InChI is InChI=1S/C8H7ClN2O3/c1-4(12)7-5(10)2-3-6(8(7)9)11(13)14/h2-3H,10H2,1H3. The Labute approximate surface area is 84.6 Å². The summed E-state index contributed by atoms with van der Waals surface area (Å²) in [5.41, 5.74) is 5.30. The number of hydrogen-bond acceptors (Lipinski definition) is 4. The van der Waals surface area contributed by atoms with Gasteiger partial charge in [0, 0.05) is 11.8 Å². The first-order valence-corrected chi connectivity index (χ1v) is 4.06. The Morgan fingerprint density at radius 2 is 2.14 bits per heavy atom. The number of halogens is 1. The molecule has 0 atom stereocenters. The molecule has 0 unspecified atom stereocenters. The Morgan fingerprint density at radius 1 is 1.57 bits per heavy atom. The lowest BCUT2D eigenvalue weighted by Crippen LogP contribution is -2.02. The summed E-state index contributed by atoms with van der Waals surface area (Å²) in [4.78, 5) is 20.9. The number of benzene rings is 1. The minimum atomic E-state index is -0.659. The maximum atomic E-state index is 11.1. The van der Waals surface area contributed by atoms with Crippen LogP contribution in [-0.2, 0) is 0 Å². The summed E-state index contributed by atoms with van der Waals surface area (Å²) in [5.74, 6) is -0.392. The normalized spacial score (nSPS) is 9.86. The van der Waals surface area contributed by atoms with Gasteiger partial charge in [-0.2, -0.15) is 0 Å². The monoisotopic (exact) mass is 214 g/mol. The van der Waals surface area contributed by atoms with E-state index < -0.39 is 10.7 Å². The van der Waals surface area contributed by atoms with Gasteiger partial charge in [0.25, 0.3) is 5.69 Å². The van der Waals surface area contributed by atoms with Gasteiger partial charge in [0.2, 0.25) is 0 Å². The first-order chi connectivity index (χ1) is 6.45. The van der Waals surface area contributed by atoms with Gasteiger partial charge < -0.3 is 5.73 Å². The number of nitro groups is 1. The zero-order chi connectivity index (χ0) is 10.9. The third-order valence-corrected chi connectivity index (χ3v) is 2.09. The van der Waals surface area contributed by atoms with Crippen molar-refractivity contribution in [1.82, 2.24) is 0 Å². The van der Waals surface area contributed by atoms with Crippen LogP contribution in [0, 0.1) is 10.1 Å². The van der Waals surface area contributed by atoms with Crippen LogP contribution in [0.2, 0.25) is 5.02 Å². The number of nitro benzene ring substituents is 1. The predicted molar refractivity (Wildman–Crippen MR) is 52.5 cm³/mol. The largest absolute Gasteiger partial charge is 0.398 e. The fourth-order valence-electron chi connectivity index (χ4n) is 1.08. The maximum Gasteiger partial charge on any atom is 0.288 e. The summed E-state index contributed by atoms with van der Waals surface area (Å²) in [6.07, 6.45) is 0. The third kappa shape index (κ3) is 1.67. The first-order valence-electron chi connectivity index (χ1n) is 3.68. The molecule has 14 heavy (non-hydrogen) atoms. The Hall–Kier alpha value is -1.62. The van der Waals surface area contributed by atoms with Gasteiger partial charge in [0.1, 0.15) is 5.02 Å². The third-order valence-electron chi connectivity index (χ3n) is 1.70. The van der Waals surface area contributed by atoms with Gasteiger partial charge in [-0.3, -0.25) is 14.9 Å². The molecule has 0 fully saturated rings. The van der Waals surface area contributed by atoms with Gasteiger partial charge in [-0.25, -0.2) is 0 Å². The fourth-order valence-corrected chi connectivity index (χ4v) is 1.45. The molecule has 0 bridgehead atoms. The number of nitrogen functional groups attached to an aromatic ring is 1. The van der Waals surface area contributed by atoms with Crippen molar-refractivity contribution in [3.8, 4) is 0 Å². The average molecular weight is 215 g/mol. The number of nitrogens with two attached hydrogens (primary N) is 1. The van der Waals surface area contributed by atoms with Crippen LogP contribution in [0.5, 0.6) is 0 Å². The molecule has 74 valence electrons. The van der Waals surface area contributed by atoms with Crippen LogP contribution in [0.25, 0.3) is 0 Å². The fraction of sp³-hybridized carbons (Fsp3) is 0.125. The smallest absolute Gasteiger partial charge is 0.288 e. The van der Waals surface area contributed by atoms with Crippen LogP contribution >= 0.6 is 11.6 Å². The highest BCUT2D eigenvalue weighted by Crippen LogP contribution is 2.31. The number of Topliss-reactive ketones (excluding diaryl/α,β-unsaturated/α-hetero) is 1. The van der Waals surface area contributed by atoms with E-state index in [9.17, 15) is 14.9 Å². The molecular weight excluding hydrogens is 208 g/mol. The minimum Gasteiger partial charge on any atom is -0.398 e. The molecule has 0 spiro atoms. The number of anilines is 1. The van der Waals surface area contributed by atoms with Crippen molar-refractivity contribution >= 4 is 28.8 Å². The number of rotatable bonds is 2. The van der Waals surface area contributed by atoms with Gasteiger partial charge in [-0.1, -0.05) is 11.6 Å². The number of nitrogens with zero attached hydrogens (tertiary/aromatic N) is 1. The van der Waals surface area contributed by atoms with E-state index in [1.165, 1.54) is 19.1 Å². The predicted octanol–water partition coefficient (Wildman–Crippen LogP) is 2.03. The molecule has 0 aliphatic rings. The molecule has 0 saturated heterocycles. The van der Waals surface area contributed by atoms with E-state index in [-0.39, 0.29) is 22.0 Å². The van der Waals surface area contributed by atoms with E-state index in [0.29, 0.717) is 0 Å². The molecule has 0 heterocycles. The van der Waals surface area contributed by atoms with E-state index in [0.717, 1.165) is 0 Å². The van der Waals surface area contributed by atoms with E-state index in [1.807, 2.05) is 0 Å². The molecule has 0 aromatic heterocycles. The van der Waals surface area contributed by atoms with Crippen molar-refractivity contribution in [1.29, 1.82) is 0 Å². The maximum absolute atomic E-state index is 11.1. The number of ketones is 1. The van der Waals surface area contributed by atoms with Crippen molar-refractivity contribution in [3.63, 3.8) is 0 Å². The second-order valence-electron chi connectivity index (χ2n) is 2.68. The molecule has 1 rings (SSSR count). The summed E-state index contributed by atoms with van der Waals surface area (Å²) >= 11 is 5.66. The highest BCUT2D eigenvalue weighted by Gasteiger charge is 2.20. The van der Waals surface area contributed by atoms with Crippen molar-refractivity contribution in [2.75, 3.05) is 5.73 Å². The lowest BCUT2D eigenvalue weighted by molar-refractivity contribution is -0.384. The van der Waals surface area contributed by atoms with Crippen LogP contribution in [0.4, 0.5) is 11.4 Å². The topological polar surface area (TPSA) is 86.2 Å². The van der Waals surface area contributed by atoms with Crippen LogP contribution in [-0.4, -0.2) is 10.7 Å². The average Bonchev–Trinajstić information content (AvgIpc) is 2.02. The van der Waals surface area contributed by atoms with Gasteiger partial charge in [0.05, 0.1) is 10.5 Å². The van der Waals surface area contributed by atoms with Crippen LogP contribution in [0.3, 0.4) is 0 Å². The Bertz CT molecular complexity index is 417. The molecule has 5 nitrogen and oxygen atoms in total. The van der Waals surface area contributed by atoms with Crippen molar-refractivity contribution in [2.45, 2.75) is 6.92 Å².